The molecule has 0 saturated heterocycles. The quantitative estimate of drug-likeness (QED) is 0.942. The van der Waals surface area contributed by atoms with Crippen molar-refractivity contribution >= 4 is 17.5 Å². The normalized spacial score (nSPS) is 13.0. The average molecular weight is 320 g/mol. The van der Waals surface area contributed by atoms with Crippen LogP contribution in [0.2, 0.25) is 5.02 Å². The van der Waals surface area contributed by atoms with E-state index in [-0.39, 0.29) is 18.3 Å². The van der Waals surface area contributed by atoms with Crippen molar-refractivity contribution in [2.75, 3.05) is 6.54 Å². The number of hydrogen-bond donors (Lipinski definition) is 1. The second-order valence-corrected chi connectivity index (χ2v) is 5.67. The van der Waals surface area contributed by atoms with Crippen molar-refractivity contribution < 1.29 is 9.18 Å². The zero-order valence-corrected chi connectivity index (χ0v) is 12.7. The van der Waals surface area contributed by atoms with Crippen molar-refractivity contribution in [3.8, 4) is 0 Å². The van der Waals surface area contributed by atoms with E-state index < -0.39 is 0 Å². The van der Waals surface area contributed by atoms with Crippen LogP contribution < -0.4 is 5.32 Å². The second-order valence-electron chi connectivity index (χ2n) is 5.26. The van der Waals surface area contributed by atoms with Gasteiger partial charge in [0.1, 0.15) is 5.82 Å². The fraction of sp³-hybridized carbons (Fsp3) is 0.312. The lowest BCUT2D eigenvalue weighted by Crippen LogP contribution is -2.27. The van der Waals surface area contributed by atoms with Gasteiger partial charge in [0.05, 0.1) is 5.69 Å². The van der Waals surface area contributed by atoms with Gasteiger partial charge in [0.2, 0.25) is 0 Å². The number of fused-ring (bicyclic) bond motifs is 1. The van der Waals surface area contributed by atoms with E-state index in [1.54, 1.807) is 18.2 Å². The maximum atomic E-state index is 13.6. The molecule has 1 N–H and O–H groups in total. The molecule has 0 fully saturated rings. The zero-order chi connectivity index (χ0) is 15.5. The van der Waals surface area contributed by atoms with Crippen LogP contribution >= 0.6 is 11.6 Å². The van der Waals surface area contributed by atoms with Crippen molar-refractivity contribution in [3.63, 3.8) is 0 Å². The summed E-state index contributed by atoms with van der Waals surface area (Å²) in [5.74, 6) is -0.659. The Morgan fingerprint density at radius 3 is 3.00 bits per heavy atom. The number of aromatic nitrogens is 2. The molecule has 0 saturated carbocycles. The number of amides is 1. The highest BCUT2D eigenvalue weighted by atomic mass is 35.5. The summed E-state index contributed by atoms with van der Waals surface area (Å²) in [7, 11) is 0. The third-order valence-electron chi connectivity index (χ3n) is 3.77. The minimum absolute atomic E-state index is 0.290. The molecule has 22 heavy (non-hydrogen) atoms. The minimum atomic E-state index is -0.362. The van der Waals surface area contributed by atoms with E-state index in [4.69, 9.17) is 11.6 Å². The Morgan fingerprint density at radius 2 is 2.18 bits per heavy atom. The van der Waals surface area contributed by atoms with Crippen LogP contribution in [0.1, 0.15) is 33.7 Å². The fourth-order valence-corrected chi connectivity index (χ4v) is 2.86. The van der Waals surface area contributed by atoms with Gasteiger partial charge < -0.3 is 5.32 Å². The summed E-state index contributed by atoms with van der Waals surface area (Å²) in [6, 6.07) is 6.34. The number of carbonyl (C=O) groups is 1. The molecule has 0 unspecified atom stereocenters. The summed E-state index contributed by atoms with van der Waals surface area (Å²) < 4.78 is 13.6. The number of carbonyl (C=O) groups excluding carboxylic acids is 1. The number of halogens is 2. The van der Waals surface area contributed by atoms with Crippen molar-refractivity contribution in [2.24, 2.45) is 0 Å². The first-order valence-corrected chi connectivity index (χ1v) is 7.59. The van der Waals surface area contributed by atoms with E-state index in [1.165, 1.54) is 6.07 Å². The van der Waals surface area contributed by atoms with E-state index in [1.807, 2.05) is 0 Å². The molecule has 3 rings (SSSR count). The lowest BCUT2D eigenvalue weighted by molar-refractivity contribution is 0.0948. The van der Waals surface area contributed by atoms with Crippen molar-refractivity contribution in [1.82, 2.24) is 15.5 Å². The molecule has 1 amide bonds. The maximum absolute atomic E-state index is 13.6. The van der Waals surface area contributed by atoms with Gasteiger partial charge in [0.25, 0.3) is 5.91 Å². The van der Waals surface area contributed by atoms with Gasteiger partial charge in [-0.1, -0.05) is 17.7 Å². The summed E-state index contributed by atoms with van der Waals surface area (Å²) in [4.78, 5) is 12.1. The van der Waals surface area contributed by atoms with E-state index in [9.17, 15) is 9.18 Å². The molecule has 1 heterocycles. The molecule has 0 aliphatic heterocycles. The van der Waals surface area contributed by atoms with Crippen LogP contribution in [0.5, 0.6) is 0 Å². The summed E-state index contributed by atoms with van der Waals surface area (Å²) in [6.45, 7) is 0.290. The van der Waals surface area contributed by atoms with Gasteiger partial charge in [0.15, 0.2) is 5.69 Å². The Kier molecular flexibility index (Phi) is 4.34. The van der Waals surface area contributed by atoms with Gasteiger partial charge in [-0.2, -0.15) is 5.10 Å². The Hall–Kier alpha value is -2.01. The Morgan fingerprint density at radius 1 is 1.32 bits per heavy atom. The van der Waals surface area contributed by atoms with E-state index in [0.717, 1.165) is 30.5 Å². The first-order valence-electron chi connectivity index (χ1n) is 7.21. The van der Waals surface area contributed by atoms with Crippen LogP contribution in [0.3, 0.4) is 0 Å². The van der Waals surface area contributed by atoms with E-state index in [0.29, 0.717) is 22.7 Å². The third-order valence-corrected chi connectivity index (χ3v) is 4.13. The number of nitrogens with one attached hydrogen (secondary N) is 1. The Labute approximate surface area is 132 Å². The van der Waals surface area contributed by atoms with Crippen LogP contribution in [0.4, 0.5) is 4.39 Å². The molecule has 0 spiro atoms. The lowest BCUT2D eigenvalue weighted by Gasteiger charge is -2.08. The molecule has 1 aliphatic rings. The van der Waals surface area contributed by atoms with Crippen LogP contribution in [0, 0.1) is 5.82 Å². The van der Waals surface area contributed by atoms with Gasteiger partial charge in [-0.3, -0.25) is 4.79 Å². The van der Waals surface area contributed by atoms with Gasteiger partial charge in [-0.15, -0.1) is 5.10 Å². The highest BCUT2D eigenvalue weighted by Gasteiger charge is 2.16. The second kappa shape index (κ2) is 6.40. The molecule has 1 aromatic carbocycles. The number of rotatable bonds is 4. The SMILES string of the molecule is O=C(NCCc1c(F)cccc1Cl)c1cc2c(nn1)CCC2. The maximum Gasteiger partial charge on any atom is 0.271 e. The molecule has 4 nitrogen and oxygen atoms in total. The molecular weight excluding hydrogens is 305 g/mol. The summed E-state index contributed by atoms with van der Waals surface area (Å²) in [6.07, 6.45) is 3.25. The molecule has 6 heteroatoms. The zero-order valence-electron chi connectivity index (χ0n) is 11.9. The van der Waals surface area contributed by atoms with Crippen LogP contribution in [-0.4, -0.2) is 22.6 Å². The topological polar surface area (TPSA) is 54.9 Å². The molecule has 0 radical (unpaired) electrons. The fourth-order valence-electron chi connectivity index (χ4n) is 2.60. The van der Waals surface area contributed by atoms with Gasteiger partial charge in [-0.25, -0.2) is 4.39 Å². The highest BCUT2D eigenvalue weighted by molar-refractivity contribution is 6.31. The first kappa shape index (κ1) is 14.9. The first-order chi connectivity index (χ1) is 10.6. The Balaban J connectivity index is 1.61. The predicted octanol–water partition coefficient (Wildman–Crippen LogP) is 2.73. The molecule has 114 valence electrons. The number of aryl methyl sites for hydroxylation is 2. The summed E-state index contributed by atoms with van der Waals surface area (Å²) >= 11 is 5.95. The van der Waals surface area contributed by atoms with E-state index in [2.05, 4.69) is 15.5 Å². The molecule has 0 atom stereocenters. The lowest BCUT2D eigenvalue weighted by atomic mass is 10.1. The average Bonchev–Trinajstić information content (AvgIpc) is 2.97. The van der Waals surface area contributed by atoms with Crippen LogP contribution in [-0.2, 0) is 19.3 Å². The van der Waals surface area contributed by atoms with Gasteiger partial charge in [0, 0.05) is 17.1 Å². The van der Waals surface area contributed by atoms with Crippen LogP contribution in [0.25, 0.3) is 0 Å². The molecule has 0 bridgehead atoms. The summed E-state index contributed by atoms with van der Waals surface area (Å²) in [5, 5.41) is 11.1. The molecule has 1 aromatic heterocycles. The largest absolute Gasteiger partial charge is 0.350 e. The predicted molar refractivity (Wildman–Crippen MR) is 81.5 cm³/mol. The van der Waals surface area contributed by atoms with Gasteiger partial charge >= 0.3 is 0 Å². The minimum Gasteiger partial charge on any atom is -0.350 e. The van der Waals surface area contributed by atoms with E-state index >= 15 is 0 Å². The monoisotopic (exact) mass is 319 g/mol. The number of nitrogens with zero attached hydrogens (tertiary/aromatic N) is 2. The number of hydrogen-bond acceptors (Lipinski definition) is 3. The van der Waals surface area contributed by atoms with Crippen molar-refractivity contribution in [2.45, 2.75) is 25.7 Å². The van der Waals surface area contributed by atoms with Crippen molar-refractivity contribution in [3.05, 3.63) is 57.6 Å². The van der Waals surface area contributed by atoms with Gasteiger partial charge in [-0.05, 0) is 49.4 Å². The van der Waals surface area contributed by atoms with Crippen LogP contribution in [0.15, 0.2) is 24.3 Å². The molecular formula is C16H15ClFN3O. The standard InChI is InChI=1S/C16H15ClFN3O/c17-12-4-2-5-13(18)11(12)7-8-19-16(22)15-9-10-3-1-6-14(10)20-21-15/h2,4-5,9H,1,3,6-8H2,(H,19,22). The summed E-state index contributed by atoms with van der Waals surface area (Å²) in [5.41, 5.74) is 2.79. The third kappa shape index (κ3) is 3.09. The van der Waals surface area contributed by atoms with Crippen molar-refractivity contribution in [1.29, 1.82) is 0 Å². The molecule has 2 aromatic rings. The smallest absolute Gasteiger partial charge is 0.271 e. The molecule has 1 aliphatic carbocycles. The Bertz CT molecular complexity index is 700. The highest BCUT2D eigenvalue weighted by Crippen LogP contribution is 2.20. The number of benzene rings is 1.